The average Bonchev–Trinajstić information content (AvgIpc) is 2.26. The molecule has 0 rings (SSSR count). The zero-order chi connectivity index (χ0) is 13.3. The second-order valence-electron chi connectivity index (χ2n) is 4.19. The molecule has 4 heteroatoms. The Kier molecular flexibility index (Phi) is 8.46. The zero-order valence-electron chi connectivity index (χ0n) is 11.3. The molecule has 0 bridgehead atoms. The molecule has 17 heavy (non-hydrogen) atoms. The van der Waals surface area contributed by atoms with Gasteiger partial charge in [0.25, 0.3) is 0 Å². The van der Waals surface area contributed by atoms with Gasteiger partial charge in [-0.2, -0.15) is 0 Å². The summed E-state index contributed by atoms with van der Waals surface area (Å²) >= 11 is 0. The number of rotatable bonds is 8. The van der Waals surface area contributed by atoms with Gasteiger partial charge in [-0.1, -0.05) is 26.7 Å². The number of hydrogen-bond donors (Lipinski definition) is 0. The van der Waals surface area contributed by atoms with Gasteiger partial charge in [-0.05, 0) is 26.2 Å². The lowest BCUT2D eigenvalue weighted by molar-refractivity contribution is -0.162. The molecule has 4 nitrogen and oxygen atoms in total. The summed E-state index contributed by atoms with van der Waals surface area (Å²) in [5, 5.41) is 0. The van der Waals surface area contributed by atoms with E-state index >= 15 is 0 Å². The molecule has 0 aliphatic heterocycles. The Morgan fingerprint density at radius 1 is 1.00 bits per heavy atom. The summed E-state index contributed by atoms with van der Waals surface area (Å²) in [6.07, 6.45) is 2.54. The molecule has 1 atom stereocenters. The first-order valence-corrected chi connectivity index (χ1v) is 6.39. The highest BCUT2D eigenvalue weighted by Gasteiger charge is 2.30. The maximum atomic E-state index is 11.7. The minimum atomic E-state index is -0.767. The fraction of sp³-hybridized carbons (Fsp3) is 0.846. The lowest BCUT2D eigenvalue weighted by atomic mass is 9.92. The van der Waals surface area contributed by atoms with Crippen molar-refractivity contribution < 1.29 is 19.1 Å². The van der Waals surface area contributed by atoms with Crippen LogP contribution in [0.2, 0.25) is 0 Å². The van der Waals surface area contributed by atoms with Crippen molar-refractivity contribution in [1.82, 2.24) is 0 Å². The van der Waals surface area contributed by atoms with E-state index in [1.807, 2.05) is 6.92 Å². The third-order valence-electron chi connectivity index (χ3n) is 2.56. The third-order valence-corrected chi connectivity index (χ3v) is 2.56. The lowest BCUT2D eigenvalue weighted by Gasteiger charge is -2.17. The van der Waals surface area contributed by atoms with E-state index < -0.39 is 17.9 Å². The van der Waals surface area contributed by atoms with Crippen LogP contribution in [0.1, 0.15) is 47.0 Å². The monoisotopic (exact) mass is 244 g/mol. The summed E-state index contributed by atoms with van der Waals surface area (Å²) in [7, 11) is 0. The minimum absolute atomic E-state index is 0.289. The molecule has 100 valence electrons. The highest BCUT2D eigenvalue weighted by atomic mass is 16.6. The number of hydrogen-bond acceptors (Lipinski definition) is 4. The van der Waals surface area contributed by atoms with E-state index in [1.54, 1.807) is 13.8 Å². The highest BCUT2D eigenvalue weighted by Crippen LogP contribution is 2.19. The van der Waals surface area contributed by atoms with Crippen LogP contribution in [-0.4, -0.2) is 25.2 Å². The number of esters is 2. The van der Waals surface area contributed by atoms with Gasteiger partial charge in [-0.3, -0.25) is 9.59 Å². The fourth-order valence-electron chi connectivity index (χ4n) is 1.79. The number of carbonyl (C=O) groups is 2. The molecule has 0 N–H and O–H groups in total. The van der Waals surface area contributed by atoms with Crippen molar-refractivity contribution >= 4 is 11.9 Å². The smallest absolute Gasteiger partial charge is 0.320 e. The predicted octanol–water partition coefficient (Wildman–Crippen LogP) is 2.56. The molecule has 0 aromatic carbocycles. The Balaban J connectivity index is 4.49. The van der Waals surface area contributed by atoms with Crippen molar-refractivity contribution in [2.24, 2.45) is 11.8 Å². The molecule has 0 fully saturated rings. The molecular weight excluding hydrogens is 220 g/mol. The van der Waals surface area contributed by atoms with E-state index in [1.165, 1.54) is 0 Å². The van der Waals surface area contributed by atoms with Crippen molar-refractivity contribution in [3.63, 3.8) is 0 Å². The molecule has 0 spiro atoms. The summed E-state index contributed by atoms with van der Waals surface area (Å²) in [4.78, 5) is 23.4. The van der Waals surface area contributed by atoms with E-state index in [2.05, 4.69) is 6.92 Å². The van der Waals surface area contributed by atoms with Gasteiger partial charge in [0.05, 0.1) is 13.2 Å². The molecule has 0 amide bonds. The van der Waals surface area contributed by atoms with E-state index in [4.69, 9.17) is 9.47 Å². The Labute approximate surface area is 104 Å². The lowest BCUT2D eigenvalue weighted by Crippen LogP contribution is -2.29. The molecule has 0 radical (unpaired) electrons. The second kappa shape index (κ2) is 9.02. The maximum absolute atomic E-state index is 11.7. The van der Waals surface area contributed by atoms with Crippen LogP contribution < -0.4 is 0 Å². The highest BCUT2D eigenvalue weighted by molar-refractivity contribution is 5.94. The summed E-state index contributed by atoms with van der Waals surface area (Å²) in [5.74, 6) is -1.38. The van der Waals surface area contributed by atoms with Crippen LogP contribution >= 0.6 is 0 Å². The first-order chi connectivity index (χ1) is 8.06. The van der Waals surface area contributed by atoms with E-state index in [-0.39, 0.29) is 13.2 Å². The molecule has 0 saturated heterocycles. The Hall–Kier alpha value is -1.06. The summed E-state index contributed by atoms with van der Waals surface area (Å²) in [6, 6.07) is 0. The summed E-state index contributed by atoms with van der Waals surface area (Å²) in [6.45, 7) is 8.16. The summed E-state index contributed by atoms with van der Waals surface area (Å²) < 4.78 is 9.82. The molecule has 0 aromatic rings. The molecule has 0 aliphatic carbocycles. The van der Waals surface area contributed by atoms with Crippen LogP contribution in [0, 0.1) is 11.8 Å². The van der Waals surface area contributed by atoms with Gasteiger partial charge in [0.1, 0.15) is 0 Å². The van der Waals surface area contributed by atoms with E-state index in [0.29, 0.717) is 12.3 Å². The first-order valence-electron chi connectivity index (χ1n) is 6.39. The quantitative estimate of drug-likeness (QED) is 0.486. The van der Waals surface area contributed by atoms with Crippen molar-refractivity contribution in [1.29, 1.82) is 0 Å². The fourth-order valence-corrected chi connectivity index (χ4v) is 1.79. The van der Waals surface area contributed by atoms with Gasteiger partial charge in [-0.15, -0.1) is 0 Å². The van der Waals surface area contributed by atoms with Gasteiger partial charge in [0.2, 0.25) is 0 Å². The Morgan fingerprint density at radius 3 is 1.82 bits per heavy atom. The van der Waals surface area contributed by atoms with Crippen molar-refractivity contribution in [3.05, 3.63) is 0 Å². The first kappa shape index (κ1) is 15.9. The van der Waals surface area contributed by atoms with Crippen molar-refractivity contribution in [3.8, 4) is 0 Å². The van der Waals surface area contributed by atoms with Gasteiger partial charge >= 0.3 is 11.9 Å². The molecule has 0 saturated carbocycles. The molecule has 0 aromatic heterocycles. The molecule has 0 aliphatic rings. The average molecular weight is 244 g/mol. The number of ether oxygens (including phenoxy) is 2. The largest absolute Gasteiger partial charge is 0.465 e. The van der Waals surface area contributed by atoms with Crippen LogP contribution in [-0.2, 0) is 19.1 Å². The van der Waals surface area contributed by atoms with Crippen LogP contribution in [0.15, 0.2) is 0 Å². The van der Waals surface area contributed by atoms with Gasteiger partial charge in [0, 0.05) is 0 Å². The third kappa shape index (κ3) is 6.29. The molecular formula is C13H24O4. The zero-order valence-corrected chi connectivity index (χ0v) is 11.3. The van der Waals surface area contributed by atoms with Crippen LogP contribution in [0.4, 0.5) is 0 Å². The van der Waals surface area contributed by atoms with Gasteiger partial charge in [0.15, 0.2) is 5.92 Å². The Morgan fingerprint density at radius 2 is 1.47 bits per heavy atom. The van der Waals surface area contributed by atoms with E-state index in [0.717, 1.165) is 12.8 Å². The topological polar surface area (TPSA) is 52.6 Å². The summed E-state index contributed by atoms with van der Waals surface area (Å²) in [5.41, 5.74) is 0. The SMILES string of the molecule is CCCC(C)CC(C(=O)OCC)C(=O)OCC. The normalized spacial score (nSPS) is 12.3. The molecule has 0 heterocycles. The van der Waals surface area contributed by atoms with Crippen LogP contribution in [0.5, 0.6) is 0 Å². The van der Waals surface area contributed by atoms with Crippen molar-refractivity contribution in [2.45, 2.75) is 47.0 Å². The Bertz CT molecular complexity index is 220. The predicted molar refractivity (Wildman–Crippen MR) is 65.4 cm³/mol. The minimum Gasteiger partial charge on any atom is -0.465 e. The number of carbonyl (C=O) groups excluding carboxylic acids is 2. The van der Waals surface area contributed by atoms with Crippen LogP contribution in [0.3, 0.4) is 0 Å². The van der Waals surface area contributed by atoms with Gasteiger partial charge in [-0.25, -0.2) is 0 Å². The van der Waals surface area contributed by atoms with Gasteiger partial charge < -0.3 is 9.47 Å². The second-order valence-corrected chi connectivity index (χ2v) is 4.19. The maximum Gasteiger partial charge on any atom is 0.320 e. The van der Waals surface area contributed by atoms with Crippen LogP contribution in [0.25, 0.3) is 0 Å². The standard InChI is InChI=1S/C13H24O4/c1-5-8-10(4)9-11(12(14)16-6-2)13(15)17-7-3/h10-11H,5-9H2,1-4H3. The van der Waals surface area contributed by atoms with Crippen molar-refractivity contribution in [2.75, 3.05) is 13.2 Å². The molecule has 1 unspecified atom stereocenters. The van der Waals surface area contributed by atoms with E-state index in [9.17, 15) is 9.59 Å².